The van der Waals surface area contributed by atoms with Crippen molar-refractivity contribution in [3.63, 3.8) is 0 Å². The van der Waals surface area contributed by atoms with Crippen molar-refractivity contribution in [1.82, 2.24) is 4.90 Å². The van der Waals surface area contributed by atoms with Crippen LogP contribution in [-0.4, -0.2) is 29.1 Å². The Bertz CT molecular complexity index is 396. The van der Waals surface area contributed by atoms with Crippen LogP contribution in [0.3, 0.4) is 0 Å². The lowest BCUT2D eigenvalue weighted by molar-refractivity contribution is -0.141. The normalized spacial score (nSPS) is 19.2. The van der Waals surface area contributed by atoms with E-state index in [0.717, 1.165) is 38.9 Å². The molecule has 1 aromatic carbocycles. The maximum Gasteiger partial charge on any atom is 0.306 e. The topological polar surface area (TPSA) is 40.5 Å². The van der Waals surface area contributed by atoms with E-state index in [1.54, 1.807) is 0 Å². The summed E-state index contributed by atoms with van der Waals surface area (Å²) in [4.78, 5) is 13.3. The highest BCUT2D eigenvalue weighted by Gasteiger charge is 2.23. The lowest BCUT2D eigenvalue weighted by Crippen LogP contribution is -2.34. The number of carboxylic acids is 1. The number of aliphatic carboxylic acids is 1. The van der Waals surface area contributed by atoms with Crippen LogP contribution in [0.4, 0.5) is 0 Å². The minimum Gasteiger partial charge on any atom is -0.481 e. The smallest absolute Gasteiger partial charge is 0.306 e. The van der Waals surface area contributed by atoms with Crippen molar-refractivity contribution in [1.29, 1.82) is 0 Å². The highest BCUT2D eigenvalue weighted by Crippen LogP contribution is 2.25. The molecule has 0 saturated carbocycles. The minimum atomic E-state index is -0.660. The van der Waals surface area contributed by atoms with Gasteiger partial charge in [0.2, 0.25) is 0 Å². The third-order valence-electron chi connectivity index (χ3n) is 4.06. The van der Waals surface area contributed by atoms with Gasteiger partial charge in [0, 0.05) is 6.54 Å². The van der Waals surface area contributed by atoms with E-state index in [-0.39, 0.29) is 5.92 Å². The Hall–Kier alpha value is -1.35. The van der Waals surface area contributed by atoms with Gasteiger partial charge in [-0.15, -0.1) is 0 Å². The third kappa shape index (κ3) is 4.35. The van der Waals surface area contributed by atoms with Crippen molar-refractivity contribution < 1.29 is 9.90 Å². The number of nitrogens with zero attached hydrogens (tertiary/aromatic N) is 1. The number of hydrogen-bond acceptors (Lipinski definition) is 2. The fourth-order valence-corrected chi connectivity index (χ4v) is 2.82. The second-order valence-electron chi connectivity index (χ2n) is 5.68. The van der Waals surface area contributed by atoms with Gasteiger partial charge in [-0.3, -0.25) is 9.69 Å². The number of carbonyl (C=O) groups is 1. The predicted octanol–water partition coefficient (Wildman–Crippen LogP) is 3.01. The molecule has 0 radical (unpaired) electrons. The molecule has 1 aromatic rings. The fraction of sp³-hybridized carbons (Fsp3) is 0.562. The van der Waals surface area contributed by atoms with Crippen molar-refractivity contribution in [3.05, 3.63) is 35.9 Å². The van der Waals surface area contributed by atoms with Crippen molar-refractivity contribution in [2.24, 2.45) is 11.8 Å². The van der Waals surface area contributed by atoms with Crippen molar-refractivity contribution >= 4 is 5.97 Å². The Morgan fingerprint density at radius 2 is 1.95 bits per heavy atom. The molecule has 1 atom stereocenters. The number of piperidine rings is 1. The van der Waals surface area contributed by atoms with Crippen LogP contribution in [0, 0.1) is 11.8 Å². The average Bonchev–Trinajstić information content (AvgIpc) is 2.42. The van der Waals surface area contributed by atoms with Crippen molar-refractivity contribution in [2.45, 2.75) is 32.7 Å². The molecule has 3 heteroatoms. The zero-order chi connectivity index (χ0) is 13.7. The number of carboxylic acid groups (broad SMARTS) is 1. The SMILES string of the molecule is CC(CC1CCN(Cc2ccccc2)CC1)C(=O)O. The van der Waals surface area contributed by atoms with E-state index in [1.807, 2.05) is 13.0 Å². The molecular weight excluding hydrogens is 238 g/mol. The second-order valence-corrected chi connectivity index (χ2v) is 5.68. The van der Waals surface area contributed by atoms with E-state index in [4.69, 9.17) is 5.11 Å². The third-order valence-corrected chi connectivity index (χ3v) is 4.06. The first-order valence-corrected chi connectivity index (χ1v) is 7.14. The molecule has 104 valence electrons. The molecule has 1 heterocycles. The molecular formula is C16H23NO2. The van der Waals surface area contributed by atoms with Gasteiger partial charge in [-0.05, 0) is 43.8 Å². The first kappa shape index (κ1) is 14.1. The maximum atomic E-state index is 10.9. The summed E-state index contributed by atoms with van der Waals surface area (Å²) in [5.41, 5.74) is 1.36. The Labute approximate surface area is 115 Å². The molecule has 2 rings (SSSR count). The van der Waals surface area contributed by atoms with Crippen LogP contribution >= 0.6 is 0 Å². The maximum absolute atomic E-state index is 10.9. The second kappa shape index (κ2) is 6.71. The van der Waals surface area contributed by atoms with Gasteiger partial charge in [0.25, 0.3) is 0 Å². The van der Waals surface area contributed by atoms with Crippen LogP contribution in [0.2, 0.25) is 0 Å². The van der Waals surface area contributed by atoms with Gasteiger partial charge in [0.1, 0.15) is 0 Å². The molecule has 3 nitrogen and oxygen atoms in total. The Morgan fingerprint density at radius 3 is 2.53 bits per heavy atom. The summed E-state index contributed by atoms with van der Waals surface area (Å²) in [6.45, 7) is 5.01. The zero-order valence-electron chi connectivity index (χ0n) is 11.6. The molecule has 1 fully saturated rings. The summed E-state index contributed by atoms with van der Waals surface area (Å²) in [7, 11) is 0. The lowest BCUT2D eigenvalue weighted by atomic mass is 9.88. The number of likely N-dealkylation sites (tertiary alicyclic amines) is 1. The van der Waals surface area contributed by atoms with Gasteiger partial charge in [-0.1, -0.05) is 37.3 Å². The van der Waals surface area contributed by atoms with Crippen molar-refractivity contribution in [2.75, 3.05) is 13.1 Å². The van der Waals surface area contributed by atoms with Crippen LogP contribution in [-0.2, 0) is 11.3 Å². The quantitative estimate of drug-likeness (QED) is 0.885. The summed E-state index contributed by atoms with van der Waals surface area (Å²) >= 11 is 0. The van der Waals surface area contributed by atoms with Crippen LogP contribution in [0.1, 0.15) is 31.7 Å². The summed E-state index contributed by atoms with van der Waals surface area (Å²) in [5, 5.41) is 8.95. The van der Waals surface area contributed by atoms with E-state index >= 15 is 0 Å². The number of rotatable bonds is 5. The number of hydrogen-bond donors (Lipinski definition) is 1. The van der Waals surface area contributed by atoms with E-state index < -0.39 is 5.97 Å². The molecule has 1 unspecified atom stereocenters. The molecule has 1 aliphatic rings. The Balaban J connectivity index is 1.75. The summed E-state index contributed by atoms with van der Waals surface area (Å²) < 4.78 is 0. The zero-order valence-corrected chi connectivity index (χ0v) is 11.6. The van der Waals surface area contributed by atoms with E-state index in [1.165, 1.54) is 5.56 Å². The molecule has 1 N–H and O–H groups in total. The van der Waals surface area contributed by atoms with E-state index in [2.05, 4.69) is 29.2 Å². The molecule has 1 aliphatic heterocycles. The van der Waals surface area contributed by atoms with Gasteiger partial charge in [-0.25, -0.2) is 0 Å². The average molecular weight is 261 g/mol. The van der Waals surface area contributed by atoms with Gasteiger partial charge in [-0.2, -0.15) is 0 Å². The molecule has 19 heavy (non-hydrogen) atoms. The highest BCUT2D eigenvalue weighted by atomic mass is 16.4. The van der Waals surface area contributed by atoms with Crippen LogP contribution in [0.5, 0.6) is 0 Å². The van der Waals surface area contributed by atoms with Crippen LogP contribution in [0.15, 0.2) is 30.3 Å². The molecule has 0 spiro atoms. The standard InChI is InChI=1S/C16H23NO2/c1-13(16(18)19)11-14-7-9-17(10-8-14)12-15-5-3-2-4-6-15/h2-6,13-14H,7-12H2,1H3,(H,18,19). The highest BCUT2D eigenvalue weighted by molar-refractivity contribution is 5.69. The lowest BCUT2D eigenvalue weighted by Gasteiger charge is -2.32. The number of benzene rings is 1. The minimum absolute atomic E-state index is 0.203. The van der Waals surface area contributed by atoms with E-state index in [0.29, 0.717) is 5.92 Å². The summed E-state index contributed by atoms with van der Waals surface area (Å²) in [6.07, 6.45) is 3.09. The van der Waals surface area contributed by atoms with Crippen LogP contribution < -0.4 is 0 Å². The van der Waals surface area contributed by atoms with Gasteiger partial charge in [0.05, 0.1) is 5.92 Å². The molecule has 0 aliphatic carbocycles. The first-order chi connectivity index (χ1) is 9.15. The molecule has 1 saturated heterocycles. The Morgan fingerprint density at radius 1 is 1.32 bits per heavy atom. The van der Waals surface area contributed by atoms with Gasteiger partial charge in [0.15, 0.2) is 0 Å². The largest absolute Gasteiger partial charge is 0.481 e. The molecule has 0 amide bonds. The molecule has 0 bridgehead atoms. The summed E-state index contributed by atoms with van der Waals surface area (Å²) in [6, 6.07) is 10.5. The Kier molecular flexibility index (Phi) is 4.97. The van der Waals surface area contributed by atoms with E-state index in [9.17, 15) is 4.79 Å². The van der Waals surface area contributed by atoms with Crippen molar-refractivity contribution in [3.8, 4) is 0 Å². The van der Waals surface area contributed by atoms with Gasteiger partial charge >= 0.3 is 5.97 Å². The first-order valence-electron chi connectivity index (χ1n) is 7.14. The summed E-state index contributed by atoms with van der Waals surface area (Å²) in [5.74, 6) is -0.282. The predicted molar refractivity (Wildman–Crippen MR) is 75.9 cm³/mol. The van der Waals surface area contributed by atoms with Gasteiger partial charge < -0.3 is 5.11 Å². The fourth-order valence-electron chi connectivity index (χ4n) is 2.82. The molecule has 0 aromatic heterocycles. The van der Waals surface area contributed by atoms with Crippen LogP contribution in [0.25, 0.3) is 0 Å². The monoisotopic (exact) mass is 261 g/mol.